The summed E-state index contributed by atoms with van der Waals surface area (Å²) in [7, 11) is 1.71. The monoisotopic (exact) mass is 384 g/mol. The minimum atomic E-state index is -0.898. The van der Waals surface area contributed by atoms with Gasteiger partial charge >= 0.3 is 5.97 Å². The highest BCUT2D eigenvalue weighted by Crippen LogP contribution is 2.26. The molecule has 1 fully saturated rings. The second-order valence-electron chi connectivity index (χ2n) is 6.64. The largest absolute Gasteiger partial charge is 0.490 e. The summed E-state index contributed by atoms with van der Waals surface area (Å²) in [6, 6.07) is 5.01. The van der Waals surface area contributed by atoms with Crippen molar-refractivity contribution in [3.05, 3.63) is 28.8 Å². The average molecular weight is 385 g/mol. The van der Waals surface area contributed by atoms with Crippen LogP contribution in [0, 0.1) is 0 Å². The van der Waals surface area contributed by atoms with Gasteiger partial charge in [0.2, 0.25) is 0 Å². The summed E-state index contributed by atoms with van der Waals surface area (Å²) in [6.07, 6.45) is -0.310. The van der Waals surface area contributed by atoms with E-state index in [1.165, 1.54) is 0 Å². The Morgan fingerprint density at radius 2 is 2.19 bits per heavy atom. The average Bonchev–Trinajstić information content (AvgIpc) is 2.55. The minimum Gasteiger partial charge on any atom is -0.490 e. The van der Waals surface area contributed by atoms with Gasteiger partial charge in [-0.05, 0) is 39.1 Å². The van der Waals surface area contributed by atoms with Crippen LogP contribution in [-0.2, 0) is 9.53 Å². The molecule has 7 nitrogen and oxygen atoms in total. The van der Waals surface area contributed by atoms with Crippen LogP contribution in [0.25, 0.3) is 0 Å². The van der Waals surface area contributed by atoms with Gasteiger partial charge in [-0.2, -0.15) is 0 Å². The Morgan fingerprint density at radius 1 is 1.46 bits per heavy atom. The number of amides is 1. The molecule has 1 amide bonds. The van der Waals surface area contributed by atoms with E-state index in [9.17, 15) is 9.59 Å². The van der Waals surface area contributed by atoms with Crippen molar-refractivity contribution in [2.45, 2.75) is 26.1 Å². The normalized spacial score (nSPS) is 17.6. The zero-order chi connectivity index (χ0) is 19.3. The zero-order valence-corrected chi connectivity index (χ0v) is 16.0. The maximum atomic E-state index is 13.0. The quantitative estimate of drug-likeness (QED) is 0.774. The number of rotatable bonds is 7. The third-order valence-corrected chi connectivity index (χ3v) is 4.12. The standard InChI is InChI=1S/C18H25ClN2O5/c1-12(2)26-16-5-4-13(19)8-15(16)18(24)21-6-7-25-14(10-21)9-20(3)11-17(22)23/h4-5,8,12,14H,6-7,9-11H2,1-3H3,(H,22,23). The molecule has 1 atom stereocenters. The summed E-state index contributed by atoms with van der Waals surface area (Å²) in [5, 5.41) is 9.33. The van der Waals surface area contributed by atoms with E-state index >= 15 is 0 Å². The molecule has 1 aliphatic rings. The van der Waals surface area contributed by atoms with Gasteiger partial charge in [0, 0.05) is 24.7 Å². The summed E-state index contributed by atoms with van der Waals surface area (Å²) < 4.78 is 11.4. The van der Waals surface area contributed by atoms with Crippen molar-refractivity contribution in [2.75, 3.05) is 39.8 Å². The number of nitrogens with zero attached hydrogens (tertiary/aromatic N) is 2. The summed E-state index contributed by atoms with van der Waals surface area (Å²) >= 11 is 6.07. The Labute approximate surface area is 158 Å². The number of ether oxygens (including phenoxy) is 2. The van der Waals surface area contributed by atoms with Crippen molar-refractivity contribution < 1.29 is 24.2 Å². The number of likely N-dealkylation sites (N-methyl/N-ethyl adjacent to an activating group) is 1. The third kappa shape index (κ3) is 5.86. The van der Waals surface area contributed by atoms with Gasteiger partial charge in [-0.25, -0.2) is 0 Å². The molecular formula is C18H25ClN2O5. The Hall–Kier alpha value is -1.83. The van der Waals surface area contributed by atoms with Gasteiger partial charge in [0.15, 0.2) is 0 Å². The second-order valence-corrected chi connectivity index (χ2v) is 7.08. The number of aliphatic carboxylic acids is 1. The van der Waals surface area contributed by atoms with E-state index in [0.29, 0.717) is 42.6 Å². The Kier molecular flexibility index (Phi) is 7.25. The maximum Gasteiger partial charge on any atom is 0.317 e. The summed E-state index contributed by atoms with van der Waals surface area (Å²) in [6.45, 7) is 5.40. The van der Waals surface area contributed by atoms with Gasteiger partial charge in [0.25, 0.3) is 5.91 Å². The fraction of sp³-hybridized carbons (Fsp3) is 0.556. The van der Waals surface area contributed by atoms with E-state index in [1.54, 1.807) is 35.0 Å². The van der Waals surface area contributed by atoms with Gasteiger partial charge in [-0.15, -0.1) is 0 Å². The van der Waals surface area contributed by atoms with Gasteiger partial charge in [0.05, 0.1) is 30.9 Å². The predicted octanol–water partition coefficient (Wildman–Crippen LogP) is 1.98. The number of benzene rings is 1. The van der Waals surface area contributed by atoms with E-state index in [2.05, 4.69) is 0 Å². The highest BCUT2D eigenvalue weighted by atomic mass is 35.5. The van der Waals surface area contributed by atoms with E-state index in [0.717, 1.165) is 0 Å². The molecule has 0 saturated carbocycles. The molecule has 0 aliphatic carbocycles. The minimum absolute atomic E-state index is 0.0650. The molecule has 0 bridgehead atoms. The third-order valence-electron chi connectivity index (χ3n) is 3.88. The summed E-state index contributed by atoms with van der Waals surface area (Å²) in [5.41, 5.74) is 0.422. The van der Waals surface area contributed by atoms with E-state index in [-0.39, 0.29) is 24.7 Å². The fourth-order valence-electron chi connectivity index (χ4n) is 2.85. The molecule has 1 heterocycles. The lowest BCUT2D eigenvalue weighted by atomic mass is 10.1. The number of hydrogen-bond acceptors (Lipinski definition) is 5. The Bertz CT molecular complexity index is 652. The van der Waals surface area contributed by atoms with Crippen LogP contribution in [0.15, 0.2) is 18.2 Å². The number of carboxylic acid groups (broad SMARTS) is 1. The van der Waals surface area contributed by atoms with Crippen molar-refractivity contribution in [3.8, 4) is 5.75 Å². The van der Waals surface area contributed by atoms with Crippen molar-refractivity contribution in [1.82, 2.24) is 9.80 Å². The van der Waals surface area contributed by atoms with Gasteiger partial charge in [-0.3, -0.25) is 14.5 Å². The van der Waals surface area contributed by atoms with Crippen molar-refractivity contribution in [2.24, 2.45) is 0 Å². The molecule has 1 N–H and O–H groups in total. The molecule has 8 heteroatoms. The molecule has 1 saturated heterocycles. The van der Waals surface area contributed by atoms with E-state index in [4.69, 9.17) is 26.2 Å². The molecule has 2 rings (SSSR count). The van der Waals surface area contributed by atoms with Crippen LogP contribution in [0.5, 0.6) is 5.75 Å². The van der Waals surface area contributed by atoms with E-state index in [1.807, 2.05) is 13.8 Å². The van der Waals surface area contributed by atoms with Crippen molar-refractivity contribution in [3.63, 3.8) is 0 Å². The lowest BCUT2D eigenvalue weighted by molar-refractivity contribution is -0.138. The molecule has 0 spiro atoms. The van der Waals surface area contributed by atoms with Gasteiger partial charge < -0.3 is 19.5 Å². The molecule has 1 aromatic carbocycles. The number of carboxylic acids is 1. The number of carbonyl (C=O) groups excluding carboxylic acids is 1. The van der Waals surface area contributed by atoms with E-state index < -0.39 is 5.97 Å². The first-order valence-electron chi connectivity index (χ1n) is 8.53. The van der Waals surface area contributed by atoms with Crippen LogP contribution in [0.1, 0.15) is 24.2 Å². The predicted molar refractivity (Wildman–Crippen MR) is 98.0 cm³/mol. The molecule has 26 heavy (non-hydrogen) atoms. The van der Waals surface area contributed by atoms with Crippen LogP contribution in [-0.4, -0.2) is 78.8 Å². The lowest BCUT2D eigenvalue weighted by Crippen LogP contribution is -2.49. The molecule has 0 aromatic heterocycles. The molecule has 144 valence electrons. The van der Waals surface area contributed by atoms with Crippen LogP contribution in [0.3, 0.4) is 0 Å². The maximum absolute atomic E-state index is 13.0. The van der Waals surface area contributed by atoms with Crippen LogP contribution in [0.2, 0.25) is 5.02 Å². The molecule has 1 aromatic rings. The first-order chi connectivity index (χ1) is 12.3. The lowest BCUT2D eigenvalue weighted by Gasteiger charge is -2.35. The summed E-state index contributed by atoms with van der Waals surface area (Å²) in [4.78, 5) is 27.1. The van der Waals surface area contributed by atoms with Crippen LogP contribution >= 0.6 is 11.6 Å². The number of hydrogen-bond donors (Lipinski definition) is 1. The smallest absolute Gasteiger partial charge is 0.317 e. The first-order valence-corrected chi connectivity index (χ1v) is 8.91. The molecule has 1 unspecified atom stereocenters. The van der Waals surface area contributed by atoms with Crippen LogP contribution < -0.4 is 4.74 Å². The fourth-order valence-corrected chi connectivity index (χ4v) is 3.03. The number of halogens is 1. The van der Waals surface area contributed by atoms with Crippen LogP contribution in [0.4, 0.5) is 0 Å². The highest BCUT2D eigenvalue weighted by Gasteiger charge is 2.28. The topological polar surface area (TPSA) is 79.3 Å². The van der Waals surface area contributed by atoms with Crippen molar-refractivity contribution >= 4 is 23.5 Å². The Balaban J connectivity index is 2.09. The molecule has 0 radical (unpaired) electrons. The SMILES string of the molecule is CC(C)Oc1ccc(Cl)cc1C(=O)N1CCOC(CN(C)CC(=O)O)C1. The molecular weight excluding hydrogens is 360 g/mol. The highest BCUT2D eigenvalue weighted by molar-refractivity contribution is 6.31. The first kappa shape index (κ1) is 20.5. The van der Waals surface area contributed by atoms with Gasteiger partial charge in [-0.1, -0.05) is 11.6 Å². The second kappa shape index (κ2) is 9.21. The Morgan fingerprint density at radius 3 is 2.85 bits per heavy atom. The molecule has 1 aliphatic heterocycles. The van der Waals surface area contributed by atoms with Crippen molar-refractivity contribution in [1.29, 1.82) is 0 Å². The summed E-state index contributed by atoms with van der Waals surface area (Å²) in [5.74, 6) is -0.566. The van der Waals surface area contributed by atoms with Gasteiger partial charge in [0.1, 0.15) is 5.75 Å². The number of morpholine rings is 1. The zero-order valence-electron chi connectivity index (χ0n) is 15.3. The number of carbonyl (C=O) groups is 2.